The van der Waals surface area contributed by atoms with Gasteiger partial charge in [0, 0.05) is 19.0 Å². The van der Waals surface area contributed by atoms with Crippen molar-refractivity contribution >= 4 is 6.01 Å². The molecular formula is C11H18N6O2. The Morgan fingerprint density at radius 2 is 2.05 bits per heavy atom. The molecule has 0 aromatic carbocycles. The van der Waals surface area contributed by atoms with Gasteiger partial charge in [-0.1, -0.05) is 24.1 Å². The van der Waals surface area contributed by atoms with E-state index in [2.05, 4.69) is 44.8 Å². The lowest BCUT2D eigenvalue weighted by Crippen LogP contribution is -2.21. The molecule has 0 bridgehead atoms. The molecule has 2 heterocycles. The summed E-state index contributed by atoms with van der Waals surface area (Å²) in [6.45, 7) is 7.06. The molecule has 2 N–H and O–H groups in total. The largest absolute Gasteiger partial charge is 0.407 e. The van der Waals surface area contributed by atoms with Crippen LogP contribution in [0.2, 0.25) is 0 Å². The van der Waals surface area contributed by atoms with Gasteiger partial charge in [-0.2, -0.15) is 4.98 Å². The molecule has 0 radical (unpaired) electrons. The van der Waals surface area contributed by atoms with Gasteiger partial charge in [-0.05, 0) is 6.92 Å². The molecule has 2 rings (SSSR count). The van der Waals surface area contributed by atoms with Crippen molar-refractivity contribution in [1.82, 2.24) is 25.7 Å². The van der Waals surface area contributed by atoms with Gasteiger partial charge in [-0.25, -0.2) is 0 Å². The summed E-state index contributed by atoms with van der Waals surface area (Å²) < 4.78 is 10.4. The minimum atomic E-state index is 0.379. The highest BCUT2D eigenvalue weighted by atomic mass is 16.5. The molecule has 2 aromatic heterocycles. The van der Waals surface area contributed by atoms with E-state index < -0.39 is 0 Å². The lowest BCUT2D eigenvalue weighted by Gasteiger charge is -2.03. The molecule has 0 unspecified atom stereocenters. The van der Waals surface area contributed by atoms with Crippen LogP contribution in [0.1, 0.15) is 31.5 Å². The first-order chi connectivity index (χ1) is 9.13. The molecule has 0 aliphatic rings. The van der Waals surface area contributed by atoms with Crippen molar-refractivity contribution in [3.8, 4) is 0 Å². The molecule has 8 nitrogen and oxygen atoms in total. The molecule has 0 saturated carbocycles. The summed E-state index contributed by atoms with van der Waals surface area (Å²) >= 11 is 0. The van der Waals surface area contributed by atoms with Crippen LogP contribution in [0.5, 0.6) is 0 Å². The van der Waals surface area contributed by atoms with E-state index in [4.69, 9.17) is 8.94 Å². The summed E-state index contributed by atoms with van der Waals surface area (Å²) in [5.74, 6) is 1.78. The summed E-state index contributed by atoms with van der Waals surface area (Å²) in [7, 11) is 0. The SMILES string of the molecule is Cc1noc(CCNc2nnc(CNC(C)C)o2)n1. The number of anilines is 1. The minimum absolute atomic E-state index is 0.379. The van der Waals surface area contributed by atoms with Crippen LogP contribution in [0.4, 0.5) is 6.01 Å². The predicted octanol–water partition coefficient (Wildman–Crippen LogP) is 0.914. The van der Waals surface area contributed by atoms with E-state index in [0.717, 1.165) is 0 Å². The summed E-state index contributed by atoms with van der Waals surface area (Å²) in [6, 6.07) is 0.779. The smallest absolute Gasteiger partial charge is 0.315 e. The Bertz CT molecular complexity index is 507. The van der Waals surface area contributed by atoms with Crippen molar-refractivity contribution in [1.29, 1.82) is 0 Å². The molecule has 0 atom stereocenters. The predicted molar refractivity (Wildman–Crippen MR) is 67.5 cm³/mol. The summed E-state index contributed by atoms with van der Waals surface area (Å²) in [5.41, 5.74) is 0. The van der Waals surface area contributed by atoms with E-state index in [1.807, 2.05) is 0 Å². The normalized spacial score (nSPS) is 11.2. The zero-order valence-corrected chi connectivity index (χ0v) is 11.3. The topological polar surface area (TPSA) is 102 Å². The highest BCUT2D eigenvalue weighted by molar-refractivity contribution is 5.16. The highest BCUT2D eigenvalue weighted by Gasteiger charge is 2.07. The van der Waals surface area contributed by atoms with Crippen molar-refractivity contribution < 1.29 is 8.94 Å². The van der Waals surface area contributed by atoms with Crippen LogP contribution >= 0.6 is 0 Å². The van der Waals surface area contributed by atoms with Crippen LogP contribution in [0.25, 0.3) is 0 Å². The van der Waals surface area contributed by atoms with Gasteiger partial charge < -0.3 is 19.6 Å². The van der Waals surface area contributed by atoms with Crippen molar-refractivity contribution in [3.05, 3.63) is 17.6 Å². The van der Waals surface area contributed by atoms with Crippen LogP contribution in [-0.4, -0.2) is 32.9 Å². The molecule has 0 amide bonds. The fourth-order valence-electron chi connectivity index (χ4n) is 1.41. The number of aryl methyl sites for hydroxylation is 1. The highest BCUT2D eigenvalue weighted by Crippen LogP contribution is 2.06. The van der Waals surface area contributed by atoms with Crippen LogP contribution < -0.4 is 10.6 Å². The van der Waals surface area contributed by atoms with Crippen LogP contribution in [0.15, 0.2) is 8.94 Å². The van der Waals surface area contributed by atoms with Gasteiger partial charge in [0.1, 0.15) is 0 Å². The molecule has 0 saturated heterocycles. The monoisotopic (exact) mass is 266 g/mol. The van der Waals surface area contributed by atoms with E-state index in [-0.39, 0.29) is 0 Å². The van der Waals surface area contributed by atoms with Crippen LogP contribution in [0.3, 0.4) is 0 Å². The Labute approximate surface area is 111 Å². The number of nitrogens with one attached hydrogen (secondary N) is 2. The standard InChI is InChI=1S/C11H18N6O2/c1-7(2)13-6-10-15-16-11(18-10)12-5-4-9-14-8(3)17-19-9/h7,13H,4-6H2,1-3H3,(H,12,16). The van der Waals surface area contributed by atoms with Crippen molar-refractivity contribution in [2.75, 3.05) is 11.9 Å². The zero-order chi connectivity index (χ0) is 13.7. The maximum absolute atomic E-state index is 5.41. The summed E-state index contributed by atoms with van der Waals surface area (Å²) in [4.78, 5) is 4.10. The second kappa shape index (κ2) is 6.28. The average molecular weight is 266 g/mol. The Morgan fingerprint density at radius 3 is 2.74 bits per heavy atom. The maximum Gasteiger partial charge on any atom is 0.315 e. The van der Waals surface area contributed by atoms with Gasteiger partial charge in [-0.3, -0.25) is 0 Å². The molecule has 0 spiro atoms. The lowest BCUT2D eigenvalue weighted by molar-refractivity contribution is 0.376. The first kappa shape index (κ1) is 13.5. The number of aromatic nitrogens is 4. The third-order valence-corrected chi connectivity index (χ3v) is 2.31. The van der Waals surface area contributed by atoms with Gasteiger partial charge in [0.05, 0.1) is 6.54 Å². The molecule has 19 heavy (non-hydrogen) atoms. The third kappa shape index (κ3) is 4.32. The first-order valence-electron chi connectivity index (χ1n) is 6.22. The summed E-state index contributed by atoms with van der Waals surface area (Å²) in [6.07, 6.45) is 0.614. The van der Waals surface area contributed by atoms with E-state index in [9.17, 15) is 0 Å². The van der Waals surface area contributed by atoms with Crippen molar-refractivity contribution in [3.63, 3.8) is 0 Å². The number of hydrogen-bond acceptors (Lipinski definition) is 8. The average Bonchev–Trinajstić information content (AvgIpc) is 2.96. The lowest BCUT2D eigenvalue weighted by atomic mass is 10.4. The second-order valence-corrected chi connectivity index (χ2v) is 4.45. The summed E-state index contributed by atoms with van der Waals surface area (Å²) in [5, 5.41) is 17.8. The quantitative estimate of drug-likeness (QED) is 0.762. The molecule has 2 aromatic rings. The Balaban J connectivity index is 1.74. The number of rotatable bonds is 7. The van der Waals surface area contributed by atoms with Gasteiger partial charge in [0.25, 0.3) is 0 Å². The minimum Gasteiger partial charge on any atom is -0.407 e. The van der Waals surface area contributed by atoms with Crippen LogP contribution in [-0.2, 0) is 13.0 Å². The number of hydrogen-bond donors (Lipinski definition) is 2. The molecule has 0 aliphatic heterocycles. The van der Waals surface area contributed by atoms with Crippen molar-refractivity contribution in [2.24, 2.45) is 0 Å². The van der Waals surface area contributed by atoms with Crippen molar-refractivity contribution in [2.45, 2.75) is 39.8 Å². The number of nitrogens with zero attached hydrogens (tertiary/aromatic N) is 4. The van der Waals surface area contributed by atoms with Gasteiger partial charge in [0.2, 0.25) is 11.8 Å². The fraction of sp³-hybridized carbons (Fsp3) is 0.636. The van der Waals surface area contributed by atoms with E-state index in [1.54, 1.807) is 6.92 Å². The van der Waals surface area contributed by atoms with E-state index >= 15 is 0 Å². The molecular weight excluding hydrogens is 248 g/mol. The van der Waals surface area contributed by atoms with Gasteiger partial charge >= 0.3 is 6.01 Å². The first-order valence-corrected chi connectivity index (χ1v) is 6.22. The molecule has 8 heteroatoms. The molecule has 0 fully saturated rings. The second-order valence-electron chi connectivity index (χ2n) is 4.45. The van der Waals surface area contributed by atoms with Gasteiger partial charge in [0.15, 0.2) is 5.82 Å². The fourth-order valence-corrected chi connectivity index (χ4v) is 1.41. The zero-order valence-electron chi connectivity index (χ0n) is 11.3. The Morgan fingerprint density at radius 1 is 1.21 bits per heavy atom. The molecule has 0 aliphatic carbocycles. The van der Waals surface area contributed by atoms with Gasteiger partial charge in [-0.15, -0.1) is 5.10 Å². The third-order valence-electron chi connectivity index (χ3n) is 2.31. The van der Waals surface area contributed by atoms with E-state index in [0.29, 0.717) is 49.2 Å². The Hall–Kier alpha value is -1.96. The van der Waals surface area contributed by atoms with Crippen LogP contribution in [0, 0.1) is 6.92 Å². The van der Waals surface area contributed by atoms with E-state index in [1.165, 1.54) is 0 Å². The maximum atomic E-state index is 5.41. The Kier molecular flexibility index (Phi) is 4.45. The molecule has 104 valence electrons.